The maximum Gasteiger partial charge on any atom is 0.244 e. The van der Waals surface area contributed by atoms with E-state index >= 15 is 0 Å². The Morgan fingerprint density at radius 3 is 2.32 bits per heavy atom. The van der Waals surface area contributed by atoms with Gasteiger partial charge in [-0.15, -0.1) is 0 Å². The maximum absolute atomic E-state index is 14.0. The molecule has 2 unspecified atom stereocenters. The van der Waals surface area contributed by atoms with Gasteiger partial charge in [-0.2, -0.15) is 4.72 Å². The van der Waals surface area contributed by atoms with Gasteiger partial charge in [0.15, 0.2) is 0 Å². The van der Waals surface area contributed by atoms with Gasteiger partial charge in [-0.3, -0.25) is 9.59 Å². The topological polar surface area (TPSA) is 118 Å². The summed E-state index contributed by atoms with van der Waals surface area (Å²) in [5.74, 6) is -2.21. The monoisotopic (exact) mass is 455 g/mol. The fourth-order valence-electron chi connectivity index (χ4n) is 6.01. The smallest absolute Gasteiger partial charge is 0.244 e. The number of benzene rings is 1. The third-order valence-electron chi connectivity index (χ3n) is 7.23. The van der Waals surface area contributed by atoms with Crippen molar-refractivity contribution in [1.29, 1.82) is 0 Å². The summed E-state index contributed by atoms with van der Waals surface area (Å²) in [5.41, 5.74) is 3.59. The molecule has 4 fully saturated rings. The summed E-state index contributed by atoms with van der Waals surface area (Å²) >= 11 is 0. The van der Waals surface area contributed by atoms with Crippen molar-refractivity contribution in [3.05, 3.63) is 29.8 Å². The fourth-order valence-corrected chi connectivity index (χ4v) is 7.48. The van der Waals surface area contributed by atoms with Gasteiger partial charge in [0.25, 0.3) is 0 Å². The van der Waals surface area contributed by atoms with Crippen molar-refractivity contribution < 1.29 is 26.8 Å². The molecule has 10 heteroatoms. The van der Waals surface area contributed by atoms with Crippen LogP contribution < -0.4 is 15.8 Å². The second kappa shape index (κ2) is 7.23. The Morgan fingerprint density at radius 1 is 1.13 bits per heavy atom. The van der Waals surface area contributed by atoms with Gasteiger partial charge in [0.1, 0.15) is 22.1 Å². The van der Waals surface area contributed by atoms with Gasteiger partial charge in [0.2, 0.25) is 21.8 Å². The van der Waals surface area contributed by atoms with Crippen LogP contribution in [0.1, 0.15) is 46.0 Å². The minimum Gasteiger partial charge on any atom is -0.369 e. The van der Waals surface area contributed by atoms with Crippen LogP contribution in [0.25, 0.3) is 0 Å². The van der Waals surface area contributed by atoms with E-state index in [0.29, 0.717) is 24.8 Å². The quantitative estimate of drug-likeness (QED) is 0.606. The lowest BCUT2D eigenvalue weighted by Crippen LogP contribution is -2.65. The van der Waals surface area contributed by atoms with Gasteiger partial charge in [-0.25, -0.2) is 17.2 Å². The molecule has 4 bridgehead atoms. The number of carbonyl (C=O) groups is 2. The molecule has 4 aliphatic rings. The zero-order valence-corrected chi connectivity index (χ0v) is 18.3. The Bertz CT molecular complexity index is 1030. The summed E-state index contributed by atoms with van der Waals surface area (Å²) in [5, 5.41) is 2.97. The number of primary amides is 1. The van der Waals surface area contributed by atoms with Crippen molar-refractivity contribution in [3.8, 4) is 0 Å². The van der Waals surface area contributed by atoms with Crippen LogP contribution in [0.5, 0.6) is 0 Å². The van der Waals surface area contributed by atoms with Gasteiger partial charge in [0.05, 0.1) is 0 Å². The van der Waals surface area contributed by atoms with Crippen molar-refractivity contribution in [2.75, 3.05) is 0 Å². The van der Waals surface area contributed by atoms with Crippen molar-refractivity contribution in [3.63, 3.8) is 0 Å². The summed E-state index contributed by atoms with van der Waals surface area (Å²) in [7, 11) is -4.49. The van der Waals surface area contributed by atoms with E-state index in [1.54, 1.807) is 0 Å². The van der Waals surface area contributed by atoms with Gasteiger partial charge in [-0.1, -0.05) is 0 Å². The molecule has 4 N–H and O–H groups in total. The fraction of sp³-hybridized carbons (Fsp3) is 0.619. The Hall–Kier alpha value is -2.07. The highest BCUT2D eigenvalue weighted by molar-refractivity contribution is 7.89. The molecule has 0 saturated heterocycles. The lowest BCUT2D eigenvalue weighted by atomic mass is 9.47. The Morgan fingerprint density at radius 2 is 1.74 bits per heavy atom. The molecule has 31 heavy (non-hydrogen) atoms. The zero-order chi connectivity index (χ0) is 22.8. The summed E-state index contributed by atoms with van der Waals surface area (Å²) in [6.45, 7) is 2.75. The van der Waals surface area contributed by atoms with Gasteiger partial charge >= 0.3 is 0 Å². The third-order valence-corrected chi connectivity index (χ3v) is 8.90. The summed E-state index contributed by atoms with van der Waals surface area (Å²) in [4.78, 5) is 24.3. The van der Waals surface area contributed by atoms with E-state index in [0.717, 1.165) is 31.4 Å². The van der Waals surface area contributed by atoms with Crippen LogP contribution in [-0.4, -0.2) is 31.8 Å². The summed E-state index contributed by atoms with van der Waals surface area (Å²) < 4.78 is 54.9. The standard InChI is InChI=1S/C21H27F2N3O4S/c1-20(2,26-31(29,30)16-7-14(22)3-4-15(16)23)19(28)25-17-12-5-11-6-13(17)10-21(8-11,9-12)18(24)27/h3-4,7,11-13,17,26H,5-6,8-10H2,1-2H3,(H2,24,27)(H,25,28). The number of hydrogen-bond acceptors (Lipinski definition) is 4. The number of nitrogens with one attached hydrogen (secondary N) is 2. The molecule has 2 atom stereocenters. The average Bonchev–Trinajstić information content (AvgIpc) is 2.64. The maximum atomic E-state index is 14.0. The molecule has 0 aliphatic heterocycles. The molecule has 7 nitrogen and oxygen atoms in total. The Balaban J connectivity index is 1.50. The predicted molar refractivity (Wildman–Crippen MR) is 108 cm³/mol. The first-order valence-electron chi connectivity index (χ1n) is 10.4. The predicted octanol–water partition coefficient (Wildman–Crippen LogP) is 1.82. The molecule has 0 aromatic heterocycles. The first kappa shape index (κ1) is 22.1. The minimum absolute atomic E-state index is 0.107. The van der Waals surface area contributed by atoms with Crippen LogP contribution in [0.15, 0.2) is 23.1 Å². The van der Waals surface area contributed by atoms with Gasteiger partial charge in [0, 0.05) is 11.5 Å². The van der Waals surface area contributed by atoms with Crippen molar-refractivity contribution in [2.24, 2.45) is 28.9 Å². The van der Waals surface area contributed by atoms with E-state index in [-0.39, 0.29) is 23.8 Å². The van der Waals surface area contributed by atoms with Crippen LogP contribution in [0.4, 0.5) is 8.78 Å². The first-order valence-corrected chi connectivity index (χ1v) is 11.9. The van der Waals surface area contributed by atoms with Crippen LogP contribution in [0, 0.1) is 34.8 Å². The van der Waals surface area contributed by atoms with Crippen LogP contribution in [0.3, 0.4) is 0 Å². The number of rotatable bonds is 6. The van der Waals surface area contributed by atoms with E-state index in [1.807, 2.05) is 0 Å². The molecular formula is C21H27F2N3O4S. The summed E-state index contributed by atoms with van der Waals surface area (Å²) in [6, 6.07) is 1.94. The molecule has 1 aromatic rings. The van der Waals surface area contributed by atoms with Gasteiger partial charge in [-0.05, 0) is 81.9 Å². The number of nitrogens with two attached hydrogens (primary N) is 1. The average molecular weight is 456 g/mol. The van der Waals surface area contributed by atoms with Gasteiger partial charge < -0.3 is 11.1 Å². The molecule has 2 amide bonds. The molecule has 1 aromatic carbocycles. The van der Waals surface area contributed by atoms with Crippen molar-refractivity contribution in [2.45, 2.75) is 62.4 Å². The van der Waals surface area contributed by atoms with E-state index in [9.17, 15) is 26.8 Å². The Labute approximate surface area is 180 Å². The largest absolute Gasteiger partial charge is 0.369 e. The molecule has 0 radical (unpaired) electrons. The number of hydrogen-bond donors (Lipinski definition) is 3. The summed E-state index contributed by atoms with van der Waals surface area (Å²) in [6.07, 6.45) is 3.86. The molecule has 170 valence electrons. The second-order valence-electron chi connectivity index (χ2n) is 9.92. The van der Waals surface area contributed by atoms with Crippen LogP contribution in [0.2, 0.25) is 0 Å². The third kappa shape index (κ3) is 3.84. The highest BCUT2D eigenvalue weighted by atomic mass is 32.2. The molecular weight excluding hydrogens is 428 g/mol. The number of carbonyl (C=O) groups excluding carboxylic acids is 2. The van der Waals surface area contributed by atoms with E-state index < -0.39 is 43.4 Å². The first-order chi connectivity index (χ1) is 14.3. The van der Waals surface area contributed by atoms with Crippen molar-refractivity contribution >= 4 is 21.8 Å². The lowest BCUT2D eigenvalue weighted by molar-refractivity contribution is -0.148. The zero-order valence-electron chi connectivity index (χ0n) is 17.5. The highest BCUT2D eigenvalue weighted by Crippen LogP contribution is 2.59. The van der Waals surface area contributed by atoms with Crippen LogP contribution in [-0.2, 0) is 19.6 Å². The minimum atomic E-state index is -4.49. The Kier molecular flexibility index (Phi) is 5.16. The van der Waals surface area contributed by atoms with E-state index in [2.05, 4.69) is 10.0 Å². The molecule has 4 aliphatic carbocycles. The molecule has 0 heterocycles. The number of halogens is 2. The lowest BCUT2D eigenvalue weighted by Gasteiger charge is -2.59. The number of sulfonamides is 1. The molecule has 0 spiro atoms. The second-order valence-corrected chi connectivity index (χ2v) is 11.6. The SMILES string of the molecule is CC(C)(NS(=O)(=O)c1cc(F)ccc1F)C(=O)NC1C2CC3CC1CC(C(N)=O)(C3)C2. The van der Waals surface area contributed by atoms with E-state index in [1.165, 1.54) is 13.8 Å². The normalized spacial score (nSPS) is 32.1. The van der Waals surface area contributed by atoms with Crippen LogP contribution >= 0.6 is 0 Å². The highest BCUT2D eigenvalue weighted by Gasteiger charge is 2.58. The van der Waals surface area contributed by atoms with Crippen molar-refractivity contribution in [1.82, 2.24) is 10.0 Å². The molecule has 4 saturated carbocycles. The molecule has 5 rings (SSSR count). The van der Waals surface area contributed by atoms with E-state index in [4.69, 9.17) is 5.73 Å². The number of amides is 2.